The molecule has 0 aromatic rings. The van der Waals surface area contributed by atoms with Gasteiger partial charge in [0.25, 0.3) is 0 Å². The molecule has 4 atom stereocenters. The summed E-state index contributed by atoms with van der Waals surface area (Å²) in [6.07, 6.45) is 2.96. The topological polar surface area (TPSA) is 37.3 Å². The Labute approximate surface area is 70.7 Å². The molecule has 0 saturated heterocycles. The van der Waals surface area contributed by atoms with Crippen LogP contribution in [0, 0.1) is 11.8 Å². The fraction of sp³-hybridized carbons (Fsp3) is 1.00. The van der Waals surface area contributed by atoms with E-state index in [1.54, 1.807) is 0 Å². The molecular formula is C8H16O2S. The zero-order valence-electron chi connectivity index (χ0n) is 7.12. The first-order valence-electron chi connectivity index (χ1n) is 4.21. The zero-order valence-corrected chi connectivity index (χ0v) is 7.93. The minimum Gasteiger partial charge on any atom is -0.306 e. The van der Waals surface area contributed by atoms with Crippen molar-refractivity contribution < 1.29 is 8.76 Å². The smallest absolute Gasteiger partial charge is 0.155 e. The summed E-state index contributed by atoms with van der Waals surface area (Å²) in [6, 6.07) is 0. The van der Waals surface area contributed by atoms with Gasteiger partial charge in [0, 0.05) is 0 Å². The highest BCUT2D eigenvalue weighted by molar-refractivity contribution is 7.79. The maximum absolute atomic E-state index is 10.7. The molecule has 1 rings (SSSR count). The van der Waals surface area contributed by atoms with E-state index in [9.17, 15) is 4.21 Å². The summed E-state index contributed by atoms with van der Waals surface area (Å²) in [5.41, 5.74) is 0. The Bertz CT molecular complexity index is 158. The van der Waals surface area contributed by atoms with Gasteiger partial charge in [-0.05, 0) is 31.1 Å². The second-order valence-electron chi connectivity index (χ2n) is 3.67. The molecule has 0 aliphatic heterocycles. The van der Waals surface area contributed by atoms with E-state index in [4.69, 9.17) is 4.55 Å². The van der Waals surface area contributed by atoms with Crippen LogP contribution in [0.2, 0.25) is 0 Å². The van der Waals surface area contributed by atoms with Crippen molar-refractivity contribution in [1.82, 2.24) is 0 Å². The Morgan fingerprint density at radius 2 is 1.91 bits per heavy atom. The average molecular weight is 176 g/mol. The van der Waals surface area contributed by atoms with Gasteiger partial charge in [-0.25, -0.2) is 4.21 Å². The molecule has 2 nitrogen and oxygen atoms in total. The molecule has 0 spiro atoms. The highest BCUT2D eigenvalue weighted by Gasteiger charge is 2.27. The molecule has 0 aromatic carbocycles. The van der Waals surface area contributed by atoms with Crippen molar-refractivity contribution >= 4 is 11.1 Å². The lowest BCUT2D eigenvalue weighted by Gasteiger charge is -2.29. The number of hydrogen-bond donors (Lipinski definition) is 1. The van der Waals surface area contributed by atoms with Gasteiger partial charge in [-0.2, -0.15) is 0 Å². The molecule has 0 radical (unpaired) electrons. The monoisotopic (exact) mass is 176 g/mol. The maximum Gasteiger partial charge on any atom is 0.155 e. The van der Waals surface area contributed by atoms with Gasteiger partial charge in [0.15, 0.2) is 11.1 Å². The summed E-state index contributed by atoms with van der Waals surface area (Å²) < 4.78 is 19.6. The minimum absolute atomic E-state index is 0.0428. The predicted molar refractivity (Wildman–Crippen MR) is 46.7 cm³/mol. The standard InChI is InChI=1S/C8H16O2S/c1-6-3-4-8(11(9)10)5-7(6)2/h6-8H,3-5H2,1-2H3,(H,9,10). The molecule has 0 amide bonds. The molecule has 4 unspecified atom stereocenters. The molecule has 1 aliphatic carbocycles. The lowest BCUT2D eigenvalue weighted by Crippen LogP contribution is -2.27. The first-order chi connectivity index (χ1) is 5.11. The van der Waals surface area contributed by atoms with Crippen molar-refractivity contribution in [3.05, 3.63) is 0 Å². The molecule has 66 valence electrons. The molecule has 0 bridgehead atoms. The Morgan fingerprint density at radius 3 is 2.36 bits per heavy atom. The predicted octanol–water partition coefficient (Wildman–Crippen LogP) is 2.03. The van der Waals surface area contributed by atoms with E-state index in [1.165, 1.54) is 0 Å². The van der Waals surface area contributed by atoms with Crippen molar-refractivity contribution in [2.45, 2.75) is 38.4 Å². The van der Waals surface area contributed by atoms with E-state index in [-0.39, 0.29) is 5.25 Å². The van der Waals surface area contributed by atoms with E-state index in [0.29, 0.717) is 5.92 Å². The molecule has 1 fully saturated rings. The van der Waals surface area contributed by atoms with E-state index in [2.05, 4.69) is 13.8 Å². The number of hydrogen-bond acceptors (Lipinski definition) is 1. The molecule has 0 aromatic heterocycles. The normalized spacial score (nSPS) is 41.9. The molecule has 1 saturated carbocycles. The summed E-state index contributed by atoms with van der Waals surface area (Å²) in [6.45, 7) is 4.39. The van der Waals surface area contributed by atoms with Crippen molar-refractivity contribution in [3.63, 3.8) is 0 Å². The fourth-order valence-corrected chi connectivity index (χ4v) is 2.49. The van der Waals surface area contributed by atoms with Crippen LogP contribution in [0.3, 0.4) is 0 Å². The highest BCUT2D eigenvalue weighted by Crippen LogP contribution is 2.31. The number of rotatable bonds is 1. The largest absolute Gasteiger partial charge is 0.306 e. The fourth-order valence-electron chi connectivity index (χ4n) is 1.68. The van der Waals surface area contributed by atoms with Crippen LogP contribution in [0.5, 0.6) is 0 Å². The SMILES string of the molecule is CC1CCC(S(=O)O)CC1C. The van der Waals surface area contributed by atoms with Crippen LogP contribution in [0.1, 0.15) is 33.1 Å². The summed E-state index contributed by atoms with van der Waals surface area (Å²) in [5.74, 6) is 1.35. The van der Waals surface area contributed by atoms with Gasteiger partial charge in [0.2, 0.25) is 0 Å². The molecule has 11 heavy (non-hydrogen) atoms. The van der Waals surface area contributed by atoms with Crippen LogP contribution >= 0.6 is 0 Å². The lowest BCUT2D eigenvalue weighted by atomic mass is 9.81. The van der Waals surface area contributed by atoms with Gasteiger partial charge in [0.05, 0.1) is 5.25 Å². The van der Waals surface area contributed by atoms with Gasteiger partial charge >= 0.3 is 0 Å². The summed E-state index contributed by atoms with van der Waals surface area (Å²) >= 11 is -1.59. The molecular weight excluding hydrogens is 160 g/mol. The average Bonchev–Trinajstić information content (AvgIpc) is 1.94. The highest BCUT2D eigenvalue weighted by atomic mass is 32.2. The van der Waals surface area contributed by atoms with Crippen molar-refractivity contribution in [1.29, 1.82) is 0 Å². The van der Waals surface area contributed by atoms with Crippen LogP contribution in [0.25, 0.3) is 0 Å². The van der Waals surface area contributed by atoms with E-state index in [1.807, 2.05) is 0 Å². The van der Waals surface area contributed by atoms with Crippen molar-refractivity contribution in [2.75, 3.05) is 0 Å². The van der Waals surface area contributed by atoms with E-state index < -0.39 is 11.1 Å². The summed E-state index contributed by atoms with van der Waals surface area (Å²) in [7, 11) is 0. The third-order valence-electron chi connectivity index (χ3n) is 2.84. The first-order valence-corrected chi connectivity index (χ1v) is 5.38. The van der Waals surface area contributed by atoms with Gasteiger partial charge < -0.3 is 4.55 Å². The molecule has 1 aliphatic rings. The van der Waals surface area contributed by atoms with Crippen LogP contribution in [-0.2, 0) is 11.1 Å². The summed E-state index contributed by atoms with van der Waals surface area (Å²) in [4.78, 5) is 0. The van der Waals surface area contributed by atoms with Gasteiger partial charge in [-0.1, -0.05) is 13.8 Å². The third-order valence-corrected chi connectivity index (χ3v) is 3.83. The second kappa shape index (κ2) is 3.68. The molecule has 1 N–H and O–H groups in total. The lowest BCUT2D eigenvalue weighted by molar-refractivity contribution is 0.277. The Morgan fingerprint density at radius 1 is 1.27 bits per heavy atom. The van der Waals surface area contributed by atoms with Gasteiger partial charge in [-0.15, -0.1) is 0 Å². The maximum atomic E-state index is 10.7. The minimum atomic E-state index is -1.59. The third kappa shape index (κ3) is 2.27. The summed E-state index contributed by atoms with van der Waals surface area (Å²) in [5, 5.41) is 0.0428. The Hall–Kier alpha value is 0.110. The molecule has 0 heterocycles. The van der Waals surface area contributed by atoms with E-state index >= 15 is 0 Å². The van der Waals surface area contributed by atoms with Gasteiger partial charge in [0.1, 0.15) is 0 Å². The molecule has 3 heteroatoms. The van der Waals surface area contributed by atoms with Crippen molar-refractivity contribution in [2.24, 2.45) is 11.8 Å². The zero-order chi connectivity index (χ0) is 8.43. The Balaban J connectivity index is 2.46. The first kappa shape index (κ1) is 9.20. The second-order valence-corrected chi connectivity index (χ2v) is 4.88. The quantitative estimate of drug-likeness (QED) is 0.621. The van der Waals surface area contributed by atoms with Crippen LogP contribution in [0.15, 0.2) is 0 Å². The van der Waals surface area contributed by atoms with Crippen LogP contribution in [-0.4, -0.2) is 14.0 Å². The van der Waals surface area contributed by atoms with Crippen LogP contribution < -0.4 is 0 Å². The van der Waals surface area contributed by atoms with E-state index in [0.717, 1.165) is 25.2 Å². The van der Waals surface area contributed by atoms with Crippen molar-refractivity contribution in [3.8, 4) is 0 Å². The Kier molecular flexibility index (Phi) is 3.07. The van der Waals surface area contributed by atoms with Gasteiger partial charge in [-0.3, -0.25) is 0 Å². The van der Waals surface area contributed by atoms with Crippen LogP contribution in [0.4, 0.5) is 0 Å².